The molecule has 1 nitrogen and oxygen atoms in total. The molecule has 98 valence electrons. The van der Waals surface area contributed by atoms with Gasteiger partial charge in [0.05, 0.1) is 0 Å². The minimum Gasteiger partial charge on any atom is -0.306 e. The van der Waals surface area contributed by atoms with E-state index in [0.29, 0.717) is 0 Å². The van der Waals surface area contributed by atoms with Crippen LogP contribution in [-0.4, -0.2) is 25.0 Å². The molecule has 0 aliphatic heterocycles. The molecule has 0 spiro atoms. The topological polar surface area (TPSA) is 3.24 Å². The molecule has 1 aromatic carbocycles. The first-order valence-corrected chi connectivity index (χ1v) is 7.50. The SMILES string of the molecule is CN(C)C1CCCC(c2cccc(C3CC3)c2)C1. The van der Waals surface area contributed by atoms with Crippen LogP contribution in [-0.2, 0) is 0 Å². The predicted molar refractivity (Wildman–Crippen MR) is 77.1 cm³/mol. The number of rotatable bonds is 3. The Morgan fingerprint density at radius 3 is 2.33 bits per heavy atom. The molecule has 0 heterocycles. The second-order valence-corrected chi connectivity index (χ2v) is 6.43. The van der Waals surface area contributed by atoms with Crippen LogP contribution in [0, 0.1) is 0 Å². The van der Waals surface area contributed by atoms with Crippen LogP contribution in [0.4, 0.5) is 0 Å². The van der Waals surface area contributed by atoms with Crippen molar-refractivity contribution in [3.05, 3.63) is 35.4 Å². The molecule has 2 aliphatic carbocycles. The van der Waals surface area contributed by atoms with Gasteiger partial charge >= 0.3 is 0 Å². The monoisotopic (exact) mass is 243 g/mol. The predicted octanol–water partition coefficient (Wildman–Crippen LogP) is 4.15. The molecular formula is C17H25N. The van der Waals surface area contributed by atoms with E-state index in [0.717, 1.165) is 17.9 Å². The lowest BCUT2D eigenvalue weighted by Crippen LogP contribution is -2.32. The van der Waals surface area contributed by atoms with Crippen molar-refractivity contribution in [1.82, 2.24) is 4.90 Å². The average molecular weight is 243 g/mol. The van der Waals surface area contributed by atoms with Crippen molar-refractivity contribution in [3.8, 4) is 0 Å². The van der Waals surface area contributed by atoms with Crippen LogP contribution in [0.15, 0.2) is 24.3 Å². The maximum atomic E-state index is 2.50. The van der Waals surface area contributed by atoms with E-state index in [2.05, 4.69) is 43.3 Å². The maximum Gasteiger partial charge on any atom is 0.00949 e. The van der Waals surface area contributed by atoms with E-state index in [1.165, 1.54) is 38.5 Å². The zero-order valence-electron chi connectivity index (χ0n) is 11.7. The fraction of sp³-hybridized carbons (Fsp3) is 0.647. The highest BCUT2D eigenvalue weighted by atomic mass is 15.1. The van der Waals surface area contributed by atoms with Crippen LogP contribution in [0.3, 0.4) is 0 Å². The lowest BCUT2D eigenvalue weighted by molar-refractivity contribution is 0.213. The fourth-order valence-corrected chi connectivity index (χ4v) is 3.42. The van der Waals surface area contributed by atoms with Crippen molar-refractivity contribution >= 4 is 0 Å². The Hall–Kier alpha value is -0.820. The molecule has 0 aromatic heterocycles. The molecule has 2 aliphatic rings. The molecule has 2 unspecified atom stereocenters. The van der Waals surface area contributed by atoms with Crippen molar-refractivity contribution in [3.63, 3.8) is 0 Å². The van der Waals surface area contributed by atoms with Crippen LogP contribution in [0.5, 0.6) is 0 Å². The number of benzene rings is 1. The lowest BCUT2D eigenvalue weighted by atomic mass is 9.80. The van der Waals surface area contributed by atoms with Gasteiger partial charge < -0.3 is 4.90 Å². The van der Waals surface area contributed by atoms with Crippen LogP contribution in [0.1, 0.15) is 61.5 Å². The molecule has 1 heteroatoms. The van der Waals surface area contributed by atoms with Crippen molar-refractivity contribution in [1.29, 1.82) is 0 Å². The van der Waals surface area contributed by atoms with Crippen molar-refractivity contribution in [2.45, 2.75) is 56.4 Å². The number of hydrogen-bond acceptors (Lipinski definition) is 1. The van der Waals surface area contributed by atoms with Gasteiger partial charge in [0.25, 0.3) is 0 Å². The molecule has 1 aromatic rings. The quantitative estimate of drug-likeness (QED) is 0.771. The summed E-state index contributed by atoms with van der Waals surface area (Å²) in [7, 11) is 4.46. The molecule has 0 bridgehead atoms. The summed E-state index contributed by atoms with van der Waals surface area (Å²) >= 11 is 0. The molecular weight excluding hydrogens is 218 g/mol. The lowest BCUT2D eigenvalue weighted by Gasteiger charge is -2.33. The van der Waals surface area contributed by atoms with Gasteiger partial charge in [0, 0.05) is 6.04 Å². The van der Waals surface area contributed by atoms with E-state index in [9.17, 15) is 0 Å². The zero-order valence-corrected chi connectivity index (χ0v) is 11.7. The van der Waals surface area contributed by atoms with E-state index < -0.39 is 0 Å². The summed E-state index contributed by atoms with van der Waals surface area (Å²) in [4.78, 5) is 2.41. The Balaban J connectivity index is 1.74. The minimum absolute atomic E-state index is 0.785. The van der Waals surface area contributed by atoms with Gasteiger partial charge in [0.15, 0.2) is 0 Å². The number of hydrogen-bond donors (Lipinski definition) is 0. The van der Waals surface area contributed by atoms with Crippen molar-refractivity contribution in [2.75, 3.05) is 14.1 Å². The summed E-state index contributed by atoms with van der Waals surface area (Å²) < 4.78 is 0. The first kappa shape index (κ1) is 12.2. The Bertz CT molecular complexity index is 406. The van der Waals surface area contributed by atoms with Crippen LogP contribution < -0.4 is 0 Å². The van der Waals surface area contributed by atoms with Gasteiger partial charge in [-0.2, -0.15) is 0 Å². The van der Waals surface area contributed by atoms with E-state index in [4.69, 9.17) is 0 Å². The average Bonchev–Trinajstić information content (AvgIpc) is 3.23. The summed E-state index contributed by atoms with van der Waals surface area (Å²) in [6.07, 6.45) is 8.33. The molecule has 0 N–H and O–H groups in total. The van der Waals surface area contributed by atoms with E-state index in [1.807, 2.05) is 0 Å². The Morgan fingerprint density at radius 2 is 1.67 bits per heavy atom. The Labute approximate surface area is 111 Å². The summed E-state index contributed by atoms with van der Waals surface area (Å²) in [5.41, 5.74) is 3.20. The maximum absolute atomic E-state index is 2.50. The van der Waals surface area contributed by atoms with Crippen LogP contribution in [0.25, 0.3) is 0 Å². The summed E-state index contributed by atoms with van der Waals surface area (Å²) in [6, 6.07) is 10.2. The fourth-order valence-electron chi connectivity index (χ4n) is 3.42. The zero-order chi connectivity index (χ0) is 12.5. The molecule has 18 heavy (non-hydrogen) atoms. The van der Waals surface area contributed by atoms with Crippen molar-refractivity contribution < 1.29 is 0 Å². The Kier molecular flexibility index (Phi) is 3.43. The third kappa shape index (κ3) is 2.61. The van der Waals surface area contributed by atoms with Gasteiger partial charge in [-0.1, -0.05) is 30.7 Å². The Morgan fingerprint density at radius 1 is 0.944 bits per heavy atom. The smallest absolute Gasteiger partial charge is 0.00949 e. The third-order valence-corrected chi connectivity index (χ3v) is 4.81. The summed E-state index contributed by atoms with van der Waals surface area (Å²) in [6.45, 7) is 0. The summed E-state index contributed by atoms with van der Waals surface area (Å²) in [5, 5.41) is 0. The van der Waals surface area contributed by atoms with Gasteiger partial charge in [-0.3, -0.25) is 0 Å². The minimum atomic E-state index is 0.785. The molecule has 3 rings (SSSR count). The van der Waals surface area contributed by atoms with Gasteiger partial charge in [0.1, 0.15) is 0 Å². The second-order valence-electron chi connectivity index (χ2n) is 6.43. The number of nitrogens with zero attached hydrogens (tertiary/aromatic N) is 1. The van der Waals surface area contributed by atoms with Crippen LogP contribution >= 0.6 is 0 Å². The molecule has 2 fully saturated rings. The summed E-state index contributed by atoms with van der Waals surface area (Å²) in [5.74, 6) is 1.68. The molecule has 0 amide bonds. The second kappa shape index (κ2) is 5.05. The molecule has 2 atom stereocenters. The first-order valence-electron chi connectivity index (χ1n) is 7.50. The highest BCUT2D eigenvalue weighted by Crippen LogP contribution is 2.42. The van der Waals surface area contributed by atoms with E-state index in [1.54, 1.807) is 11.1 Å². The van der Waals surface area contributed by atoms with Gasteiger partial charge in [-0.15, -0.1) is 0 Å². The third-order valence-electron chi connectivity index (χ3n) is 4.81. The highest BCUT2D eigenvalue weighted by molar-refractivity contribution is 5.31. The standard InChI is InChI=1S/C17H25N/c1-18(2)17-8-4-7-16(12-17)15-6-3-5-14(11-15)13-9-10-13/h3,5-6,11,13,16-17H,4,7-10,12H2,1-2H3. The van der Waals surface area contributed by atoms with Gasteiger partial charge in [0.2, 0.25) is 0 Å². The molecule has 0 radical (unpaired) electrons. The largest absolute Gasteiger partial charge is 0.306 e. The first-order chi connectivity index (χ1) is 8.74. The van der Waals surface area contributed by atoms with Gasteiger partial charge in [-0.25, -0.2) is 0 Å². The molecule has 0 saturated heterocycles. The molecule has 2 saturated carbocycles. The van der Waals surface area contributed by atoms with Crippen LogP contribution in [0.2, 0.25) is 0 Å². The highest BCUT2D eigenvalue weighted by Gasteiger charge is 2.27. The van der Waals surface area contributed by atoms with E-state index >= 15 is 0 Å². The van der Waals surface area contributed by atoms with Gasteiger partial charge in [-0.05, 0) is 69.2 Å². The van der Waals surface area contributed by atoms with Crippen molar-refractivity contribution in [2.24, 2.45) is 0 Å². The normalized spacial score (nSPS) is 28.6. The van der Waals surface area contributed by atoms with E-state index in [-0.39, 0.29) is 0 Å².